The van der Waals surface area contributed by atoms with Crippen molar-refractivity contribution < 1.29 is 9.53 Å². The zero-order valence-electron chi connectivity index (χ0n) is 14.5. The third kappa shape index (κ3) is 4.83. The number of hydrogen-bond acceptors (Lipinski definition) is 2. The first-order chi connectivity index (χ1) is 12.2. The molecule has 0 saturated carbocycles. The first-order valence-electron chi connectivity index (χ1n) is 8.70. The molecule has 128 valence electrons. The summed E-state index contributed by atoms with van der Waals surface area (Å²) in [7, 11) is 0. The molecule has 3 rings (SSSR count). The lowest BCUT2D eigenvalue weighted by Gasteiger charge is -2.09. The van der Waals surface area contributed by atoms with E-state index >= 15 is 0 Å². The summed E-state index contributed by atoms with van der Waals surface area (Å²) in [6.45, 7) is 3.08. The predicted octanol–water partition coefficient (Wildman–Crippen LogP) is 4.14. The molecule has 0 aliphatic rings. The van der Waals surface area contributed by atoms with Crippen LogP contribution in [0.15, 0.2) is 66.7 Å². The van der Waals surface area contributed by atoms with Crippen LogP contribution in [0.25, 0.3) is 10.8 Å². The number of amides is 1. The summed E-state index contributed by atoms with van der Waals surface area (Å²) >= 11 is 0. The number of rotatable bonds is 7. The van der Waals surface area contributed by atoms with Crippen LogP contribution in [0.2, 0.25) is 0 Å². The molecule has 0 spiro atoms. The van der Waals surface area contributed by atoms with Crippen LogP contribution in [-0.2, 0) is 17.6 Å². The van der Waals surface area contributed by atoms with Gasteiger partial charge in [-0.05, 0) is 40.5 Å². The molecular formula is C22H23NO2. The van der Waals surface area contributed by atoms with Crippen LogP contribution in [-0.4, -0.2) is 19.1 Å². The lowest BCUT2D eigenvalue weighted by Crippen LogP contribution is -2.29. The summed E-state index contributed by atoms with van der Waals surface area (Å²) in [4.78, 5) is 12.0. The van der Waals surface area contributed by atoms with Gasteiger partial charge in [-0.2, -0.15) is 0 Å². The number of benzene rings is 3. The van der Waals surface area contributed by atoms with Crippen LogP contribution in [0.5, 0.6) is 5.75 Å². The normalized spacial score (nSPS) is 10.6. The number of carbonyl (C=O) groups is 1. The van der Waals surface area contributed by atoms with Crippen LogP contribution in [0.4, 0.5) is 0 Å². The largest absolute Gasteiger partial charge is 0.492 e. The van der Waals surface area contributed by atoms with Gasteiger partial charge in [-0.15, -0.1) is 0 Å². The van der Waals surface area contributed by atoms with Gasteiger partial charge in [0.25, 0.3) is 0 Å². The third-order valence-electron chi connectivity index (χ3n) is 4.21. The van der Waals surface area contributed by atoms with Gasteiger partial charge in [-0.3, -0.25) is 4.79 Å². The van der Waals surface area contributed by atoms with Gasteiger partial charge in [0.2, 0.25) is 5.91 Å². The van der Waals surface area contributed by atoms with Crippen LogP contribution in [0, 0.1) is 0 Å². The van der Waals surface area contributed by atoms with Gasteiger partial charge >= 0.3 is 0 Å². The molecule has 0 saturated heterocycles. The minimum atomic E-state index is 0.0198. The molecule has 0 radical (unpaired) electrons. The average molecular weight is 333 g/mol. The molecule has 0 aromatic heterocycles. The lowest BCUT2D eigenvalue weighted by molar-refractivity contribution is -0.120. The Morgan fingerprint density at radius 1 is 0.920 bits per heavy atom. The molecule has 1 N–H and O–H groups in total. The highest BCUT2D eigenvalue weighted by molar-refractivity contribution is 5.83. The van der Waals surface area contributed by atoms with E-state index in [2.05, 4.69) is 36.5 Å². The summed E-state index contributed by atoms with van der Waals surface area (Å²) in [6.07, 6.45) is 1.42. The molecule has 3 nitrogen and oxygen atoms in total. The molecule has 0 heterocycles. The van der Waals surface area contributed by atoms with Gasteiger partial charge in [-0.1, -0.05) is 61.5 Å². The van der Waals surface area contributed by atoms with Crippen molar-refractivity contribution in [3.05, 3.63) is 77.9 Å². The van der Waals surface area contributed by atoms with Crippen LogP contribution in [0.3, 0.4) is 0 Å². The van der Waals surface area contributed by atoms with Crippen molar-refractivity contribution in [3.8, 4) is 5.75 Å². The zero-order valence-corrected chi connectivity index (χ0v) is 14.5. The number of carbonyl (C=O) groups excluding carboxylic acids is 1. The SMILES string of the molecule is CCc1ccc(CC(=O)NCCOc2ccc3ccccc3c2)cc1. The monoisotopic (exact) mass is 333 g/mol. The van der Waals surface area contributed by atoms with Gasteiger partial charge < -0.3 is 10.1 Å². The van der Waals surface area contributed by atoms with E-state index < -0.39 is 0 Å². The van der Waals surface area contributed by atoms with Crippen LogP contribution in [0.1, 0.15) is 18.1 Å². The highest BCUT2D eigenvalue weighted by Crippen LogP contribution is 2.20. The van der Waals surface area contributed by atoms with Crippen molar-refractivity contribution in [1.82, 2.24) is 5.32 Å². The Labute approximate surface area is 148 Å². The number of aryl methyl sites for hydroxylation is 1. The molecule has 3 aromatic rings. The summed E-state index contributed by atoms with van der Waals surface area (Å²) < 4.78 is 5.73. The molecule has 0 fully saturated rings. The summed E-state index contributed by atoms with van der Waals surface area (Å²) in [5.74, 6) is 0.842. The smallest absolute Gasteiger partial charge is 0.224 e. The third-order valence-corrected chi connectivity index (χ3v) is 4.21. The maximum atomic E-state index is 12.0. The molecule has 3 heteroatoms. The summed E-state index contributed by atoms with van der Waals surface area (Å²) in [6, 6.07) is 22.4. The standard InChI is InChI=1S/C22H23NO2/c1-2-17-7-9-18(10-8-17)15-22(24)23-13-14-25-21-12-11-19-5-3-4-6-20(19)16-21/h3-12,16H,2,13-15H2,1H3,(H,23,24). The molecule has 0 aliphatic carbocycles. The van der Waals surface area contributed by atoms with E-state index in [0.717, 1.165) is 23.1 Å². The Bertz CT molecular complexity index is 840. The molecule has 0 aliphatic heterocycles. The van der Waals surface area contributed by atoms with Crippen molar-refractivity contribution in [1.29, 1.82) is 0 Å². The molecular weight excluding hydrogens is 310 g/mol. The van der Waals surface area contributed by atoms with Gasteiger partial charge in [0, 0.05) is 0 Å². The maximum absolute atomic E-state index is 12.0. The second-order valence-corrected chi connectivity index (χ2v) is 6.05. The van der Waals surface area contributed by atoms with E-state index in [1.54, 1.807) is 0 Å². The Kier molecular flexibility index (Phi) is 5.68. The van der Waals surface area contributed by atoms with Crippen molar-refractivity contribution in [2.45, 2.75) is 19.8 Å². The second kappa shape index (κ2) is 8.34. The summed E-state index contributed by atoms with van der Waals surface area (Å²) in [5, 5.41) is 5.25. The number of nitrogens with one attached hydrogen (secondary N) is 1. The first-order valence-corrected chi connectivity index (χ1v) is 8.70. The lowest BCUT2D eigenvalue weighted by atomic mass is 10.1. The van der Waals surface area contributed by atoms with Crippen molar-refractivity contribution >= 4 is 16.7 Å². The topological polar surface area (TPSA) is 38.3 Å². The van der Waals surface area contributed by atoms with Crippen LogP contribution < -0.4 is 10.1 Å². The van der Waals surface area contributed by atoms with Gasteiger partial charge in [0.15, 0.2) is 0 Å². The second-order valence-electron chi connectivity index (χ2n) is 6.05. The average Bonchev–Trinajstić information content (AvgIpc) is 2.66. The number of hydrogen-bond donors (Lipinski definition) is 1. The molecule has 0 unspecified atom stereocenters. The van der Waals surface area contributed by atoms with Crippen molar-refractivity contribution in [3.63, 3.8) is 0 Å². The van der Waals surface area contributed by atoms with Gasteiger partial charge in [0.1, 0.15) is 12.4 Å². The minimum Gasteiger partial charge on any atom is -0.492 e. The Morgan fingerprint density at radius 3 is 2.40 bits per heavy atom. The fourth-order valence-corrected chi connectivity index (χ4v) is 2.76. The van der Waals surface area contributed by atoms with E-state index in [1.807, 2.05) is 42.5 Å². The first kappa shape index (κ1) is 17.0. The quantitative estimate of drug-likeness (QED) is 0.660. The fraction of sp³-hybridized carbons (Fsp3) is 0.227. The van der Waals surface area contributed by atoms with E-state index in [1.165, 1.54) is 10.9 Å². The molecule has 3 aromatic carbocycles. The van der Waals surface area contributed by atoms with Crippen molar-refractivity contribution in [2.24, 2.45) is 0 Å². The fourth-order valence-electron chi connectivity index (χ4n) is 2.76. The van der Waals surface area contributed by atoms with Gasteiger partial charge in [-0.25, -0.2) is 0 Å². The predicted molar refractivity (Wildman–Crippen MR) is 102 cm³/mol. The molecule has 0 bridgehead atoms. The zero-order chi connectivity index (χ0) is 17.5. The number of ether oxygens (including phenoxy) is 1. The molecule has 1 amide bonds. The molecule has 0 atom stereocenters. The van der Waals surface area contributed by atoms with E-state index in [4.69, 9.17) is 4.74 Å². The number of fused-ring (bicyclic) bond motifs is 1. The minimum absolute atomic E-state index is 0.0198. The Balaban J connectivity index is 1.43. The summed E-state index contributed by atoms with van der Waals surface area (Å²) in [5.41, 5.74) is 2.32. The van der Waals surface area contributed by atoms with Crippen LogP contribution >= 0.6 is 0 Å². The van der Waals surface area contributed by atoms with Crippen molar-refractivity contribution in [2.75, 3.05) is 13.2 Å². The van der Waals surface area contributed by atoms with E-state index in [-0.39, 0.29) is 5.91 Å². The molecule has 25 heavy (non-hydrogen) atoms. The van der Waals surface area contributed by atoms with Gasteiger partial charge in [0.05, 0.1) is 13.0 Å². The highest BCUT2D eigenvalue weighted by Gasteiger charge is 2.03. The Hall–Kier alpha value is -2.81. The highest BCUT2D eigenvalue weighted by atomic mass is 16.5. The van der Waals surface area contributed by atoms with E-state index in [9.17, 15) is 4.79 Å². The maximum Gasteiger partial charge on any atom is 0.224 e. The Morgan fingerprint density at radius 2 is 1.64 bits per heavy atom. The van der Waals surface area contributed by atoms with E-state index in [0.29, 0.717) is 19.6 Å².